The molecular formula is C15H22ClN3O. The van der Waals surface area contributed by atoms with E-state index in [0.29, 0.717) is 29.1 Å². The Labute approximate surface area is 125 Å². The average Bonchev–Trinajstić information content (AvgIpc) is 2.49. The van der Waals surface area contributed by atoms with E-state index < -0.39 is 0 Å². The number of hydrogen-bond donors (Lipinski definition) is 3. The summed E-state index contributed by atoms with van der Waals surface area (Å²) in [5, 5.41) is 6.74. The summed E-state index contributed by atoms with van der Waals surface area (Å²) in [5.41, 5.74) is 7.28. The standard InChI is InChI=1S/C15H22ClN3O/c1-18-15(20)10-6-7-12(16)14(8-10)19-13-5-3-2-4-11(13)9-17/h6-8,11,13,19H,2-5,9,17H2,1H3,(H,18,20). The number of anilines is 1. The van der Waals surface area contributed by atoms with Crippen LogP contribution in [0.1, 0.15) is 36.0 Å². The maximum atomic E-state index is 11.7. The summed E-state index contributed by atoms with van der Waals surface area (Å²) < 4.78 is 0. The van der Waals surface area contributed by atoms with Gasteiger partial charge in [0.25, 0.3) is 5.91 Å². The van der Waals surface area contributed by atoms with Crippen LogP contribution in [0.4, 0.5) is 5.69 Å². The fourth-order valence-electron chi connectivity index (χ4n) is 2.80. The lowest BCUT2D eigenvalue weighted by Gasteiger charge is -2.32. The molecule has 0 spiro atoms. The van der Waals surface area contributed by atoms with Crippen molar-refractivity contribution in [3.05, 3.63) is 28.8 Å². The van der Waals surface area contributed by atoms with Crippen LogP contribution in [-0.2, 0) is 0 Å². The smallest absolute Gasteiger partial charge is 0.251 e. The molecule has 2 rings (SSSR count). The third-order valence-corrected chi connectivity index (χ3v) is 4.34. The van der Waals surface area contributed by atoms with Crippen LogP contribution in [0.3, 0.4) is 0 Å². The van der Waals surface area contributed by atoms with Gasteiger partial charge in [-0.15, -0.1) is 0 Å². The molecule has 0 aromatic heterocycles. The Hall–Kier alpha value is -1.26. The number of rotatable bonds is 4. The summed E-state index contributed by atoms with van der Waals surface area (Å²) in [5.74, 6) is 0.368. The summed E-state index contributed by atoms with van der Waals surface area (Å²) in [6, 6.07) is 5.64. The topological polar surface area (TPSA) is 67.2 Å². The molecule has 1 aliphatic rings. The zero-order chi connectivity index (χ0) is 14.5. The van der Waals surface area contributed by atoms with Crippen molar-refractivity contribution in [2.24, 2.45) is 11.7 Å². The molecule has 1 aliphatic carbocycles. The number of nitrogens with one attached hydrogen (secondary N) is 2. The second-order valence-corrected chi connectivity index (χ2v) is 5.71. The molecule has 0 bridgehead atoms. The van der Waals surface area contributed by atoms with Crippen LogP contribution < -0.4 is 16.4 Å². The first-order valence-corrected chi connectivity index (χ1v) is 7.51. The van der Waals surface area contributed by atoms with E-state index in [1.54, 1.807) is 19.2 Å². The summed E-state index contributed by atoms with van der Waals surface area (Å²) in [4.78, 5) is 11.7. The highest BCUT2D eigenvalue weighted by molar-refractivity contribution is 6.33. The second kappa shape index (κ2) is 6.95. The predicted octanol–water partition coefficient (Wildman–Crippen LogP) is 2.63. The van der Waals surface area contributed by atoms with Crippen molar-refractivity contribution in [3.63, 3.8) is 0 Å². The number of nitrogens with two attached hydrogens (primary N) is 1. The van der Waals surface area contributed by atoms with Crippen molar-refractivity contribution in [3.8, 4) is 0 Å². The zero-order valence-corrected chi connectivity index (χ0v) is 12.5. The Bertz CT molecular complexity index is 478. The van der Waals surface area contributed by atoms with Crippen molar-refractivity contribution < 1.29 is 4.79 Å². The van der Waals surface area contributed by atoms with Crippen LogP contribution in [0.5, 0.6) is 0 Å². The number of amides is 1. The highest BCUT2D eigenvalue weighted by Crippen LogP contribution is 2.30. The molecule has 4 nitrogen and oxygen atoms in total. The van der Waals surface area contributed by atoms with Crippen LogP contribution >= 0.6 is 11.6 Å². The number of halogens is 1. The first-order chi connectivity index (χ1) is 9.65. The van der Waals surface area contributed by atoms with Gasteiger partial charge in [-0.25, -0.2) is 0 Å². The van der Waals surface area contributed by atoms with Crippen molar-refractivity contribution in [1.82, 2.24) is 5.32 Å². The number of carbonyl (C=O) groups excluding carboxylic acids is 1. The second-order valence-electron chi connectivity index (χ2n) is 5.30. The summed E-state index contributed by atoms with van der Waals surface area (Å²) in [6.45, 7) is 0.685. The van der Waals surface area contributed by atoms with Gasteiger partial charge in [0.15, 0.2) is 0 Å². The van der Waals surface area contributed by atoms with Crippen molar-refractivity contribution in [2.75, 3.05) is 18.9 Å². The van der Waals surface area contributed by atoms with E-state index in [9.17, 15) is 4.79 Å². The molecule has 0 saturated heterocycles. The SMILES string of the molecule is CNC(=O)c1ccc(Cl)c(NC2CCCCC2CN)c1. The summed E-state index contributed by atoms with van der Waals surface area (Å²) in [6.07, 6.45) is 4.70. The molecule has 1 saturated carbocycles. The highest BCUT2D eigenvalue weighted by atomic mass is 35.5. The third-order valence-electron chi connectivity index (χ3n) is 4.01. The van der Waals surface area contributed by atoms with Crippen LogP contribution in [0.25, 0.3) is 0 Å². The molecule has 110 valence electrons. The van der Waals surface area contributed by atoms with Gasteiger partial charge in [-0.05, 0) is 43.5 Å². The molecule has 2 atom stereocenters. The molecule has 4 N–H and O–H groups in total. The molecule has 2 unspecified atom stereocenters. The Balaban J connectivity index is 2.17. The van der Waals surface area contributed by atoms with Gasteiger partial charge in [0.2, 0.25) is 0 Å². The van der Waals surface area contributed by atoms with E-state index in [2.05, 4.69) is 10.6 Å². The molecule has 0 radical (unpaired) electrons. The minimum absolute atomic E-state index is 0.108. The molecule has 0 heterocycles. The monoisotopic (exact) mass is 295 g/mol. The lowest BCUT2D eigenvalue weighted by molar-refractivity contribution is 0.0963. The predicted molar refractivity (Wildman–Crippen MR) is 83.3 cm³/mol. The van der Waals surface area contributed by atoms with E-state index in [1.165, 1.54) is 12.8 Å². The van der Waals surface area contributed by atoms with Crippen LogP contribution in [0.15, 0.2) is 18.2 Å². The Morgan fingerprint density at radius 3 is 2.85 bits per heavy atom. The van der Waals surface area contributed by atoms with E-state index in [4.69, 9.17) is 17.3 Å². The number of benzene rings is 1. The highest BCUT2D eigenvalue weighted by Gasteiger charge is 2.24. The van der Waals surface area contributed by atoms with E-state index in [0.717, 1.165) is 18.5 Å². The van der Waals surface area contributed by atoms with Gasteiger partial charge in [-0.1, -0.05) is 24.4 Å². The van der Waals surface area contributed by atoms with Gasteiger partial charge >= 0.3 is 0 Å². The van der Waals surface area contributed by atoms with Gasteiger partial charge in [0.1, 0.15) is 0 Å². The van der Waals surface area contributed by atoms with E-state index in [-0.39, 0.29) is 5.91 Å². The maximum Gasteiger partial charge on any atom is 0.251 e. The normalized spacial score (nSPS) is 22.4. The minimum Gasteiger partial charge on any atom is -0.381 e. The van der Waals surface area contributed by atoms with E-state index in [1.807, 2.05) is 6.07 Å². The van der Waals surface area contributed by atoms with Gasteiger partial charge in [0, 0.05) is 18.7 Å². The number of hydrogen-bond acceptors (Lipinski definition) is 3. The minimum atomic E-state index is -0.108. The molecular weight excluding hydrogens is 274 g/mol. The molecule has 5 heteroatoms. The van der Waals surface area contributed by atoms with Crippen molar-refractivity contribution in [1.29, 1.82) is 0 Å². The van der Waals surface area contributed by atoms with E-state index >= 15 is 0 Å². The summed E-state index contributed by atoms with van der Waals surface area (Å²) in [7, 11) is 1.62. The van der Waals surface area contributed by atoms with Gasteiger partial charge in [-0.3, -0.25) is 4.79 Å². The van der Waals surface area contributed by atoms with Crippen LogP contribution in [0.2, 0.25) is 5.02 Å². The fraction of sp³-hybridized carbons (Fsp3) is 0.533. The molecule has 1 aromatic carbocycles. The lowest BCUT2D eigenvalue weighted by Crippen LogP contribution is -2.36. The molecule has 20 heavy (non-hydrogen) atoms. The molecule has 1 amide bonds. The van der Waals surface area contributed by atoms with Gasteiger partial charge in [0.05, 0.1) is 10.7 Å². The Kier molecular flexibility index (Phi) is 5.26. The largest absolute Gasteiger partial charge is 0.381 e. The third kappa shape index (κ3) is 3.44. The van der Waals surface area contributed by atoms with Gasteiger partial charge < -0.3 is 16.4 Å². The number of carbonyl (C=O) groups is 1. The maximum absolute atomic E-state index is 11.7. The van der Waals surface area contributed by atoms with Crippen LogP contribution in [0, 0.1) is 5.92 Å². The zero-order valence-electron chi connectivity index (χ0n) is 11.8. The molecule has 1 aromatic rings. The Morgan fingerprint density at radius 2 is 2.15 bits per heavy atom. The molecule has 0 aliphatic heterocycles. The first-order valence-electron chi connectivity index (χ1n) is 7.14. The van der Waals surface area contributed by atoms with Crippen molar-refractivity contribution >= 4 is 23.2 Å². The Morgan fingerprint density at radius 1 is 1.40 bits per heavy atom. The van der Waals surface area contributed by atoms with Gasteiger partial charge in [-0.2, -0.15) is 0 Å². The fourth-order valence-corrected chi connectivity index (χ4v) is 2.97. The first kappa shape index (κ1) is 15.1. The van der Waals surface area contributed by atoms with Crippen molar-refractivity contribution in [2.45, 2.75) is 31.7 Å². The summed E-state index contributed by atoms with van der Waals surface area (Å²) >= 11 is 6.23. The average molecular weight is 296 g/mol. The molecule has 1 fully saturated rings. The quantitative estimate of drug-likeness (QED) is 0.800. The van der Waals surface area contributed by atoms with Crippen LogP contribution in [-0.4, -0.2) is 25.5 Å². The lowest BCUT2D eigenvalue weighted by atomic mass is 9.84.